The van der Waals surface area contributed by atoms with Crippen LogP contribution in [0.3, 0.4) is 0 Å². The maximum atomic E-state index is 12.3. The molecule has 0 N–H and O–H groups in total. The predicted octanol–water partition coefficient (Wildman–Crippen LogP) is 2.91. The average molecular weight is 375 g/mol. The number of aryl methyl sites for hydroxylation is 2. The second-order valence-corrected chi connectivity index (χ2v) is 6.11. The standard InChI is InChI=1S/C18H19ClN4O3/c1-4-25-16-7-5-6-15(23-18(24)22(3)20-21-23)13(16)11-26-17-9-8-12(2)10-14(17)19/h5-10H,4,11H2,1-3H3. The number of halogens is 1. The van der Waals surface area contributed by atoms with Gasteiger partial charge in [-0.25, -0.2) is 4.79 Å². The van der Waals surface area contributed by atoms with Gasteiger partial charge in [0, 0.05) is 7.05 Å². The monoisotopic (exact) mass is 374 g/mol. The van der Waals surface area contributed by atoms with Gasteiger partial charge >= 0.3 is 5.69 Å². The molecule has 0 radical (unpaired) electrons. The molecule has 3 rings (SSSR count). The maximum Gasteiger partial charge on any atom is 0.368 e. The van der Waals surface area contributed by atoms with E-state index in [-0.39, 0.29) is 12.3 Å². The molecule has 136 valence electrons. The number of hydrogen-bond donors (Lipinski definition) is 0. The van der Waals surface area contributed by atoms with Crippen LogP contribution < -0.4 is 15.2 Å². The molecule has 0 fully saturated rings. The zero-order valence-corrected chi connectivity index (χ0v) is 15.5. The first-order valence-electron chi connectivity index (χ1n) is 8.14. The van der Waals surface area contributed by atoms with Crippen LogP contribution in [0.2, 0.25) is 5.02 Å². The Morgan fingerprint density at radius 3 is 2.58 bits per heavy atom. The quantitative estimate of drug-likeness (QED) is 0.663. The smallest absolute Gasteiger partial charge is 0.368 e. The van der Waals surface area contributed by atoms with Crippen molar-refractivity contribution in [2.24, 2.45) is 7.05 Å². The van der Waals surface area contributed by atoms with E-state index in [0.717, 1.165) is 10.2 Å². The fraction of sp³-hybridized carbons (Fsp3) is 0.278. The highest BCUT2D eigenvalue weighted by atomic mass is 35.5. The first kappa shape index (κ1) is 18.0. The number of benzene rings is 2. The van der Waals surface area contributed by atoms with Gasteiger partial charge in [-0.1, -0.05) is 23.7 Å². The van der Waals surface area contributed by atoms with Crippen LogP contribution in [0.15, 0.2) is 41.2 Å². The first-order valence-corrected chi connectivity index (χ1v) is 8.52. The fourth-order valence-corrected chi connectivity index (χ4v) is 2.82. The zero-order valence-electron chi connectivity index (χ0n) is 14.8. The van der Waals surface area contributed by atoms with Gasteiger partial charge in [0.1, 0.15) is 18.1 Å². The Kier molecular flexibility index (Phi) is 5.27. The number of hydrogen-bond acceptors (Lipinski definition) is 5. The number of ether oxygens (including phenoxy) is 2. The Hall–Kier alpha value is -2.80. The molecule has 3 aromatic rings. The minimum Gasteiger partial charge on any atom is -0.493 e. The van der Waals surface area contributed by atoms with Gasteiger partial charge in [-0.05, 0) is 54.1 Å². The summed E-state index contributed by atoms with van der Waals surface area (Å²) in [5.41, 5.74) is 1.93. The molecule has 26 heavy (non-hydrogen) atoms. The molecule has 0 spiro atoms. The van der Waals surface area contributed by atoms with Crippen molar-refractivity contribution < 1.29 is 9.47 Å². The highest BCUT2D eigenvalue weighted by Gasteiger charge is 2.16. The molecule has 0 aliphatic rings. The van der Waals surface area contributed by atoms with E-state index in [1.807, 2.05) is 38.1 Å². The minimum atomic E-state index is -0.353. The van der Waals surface area contributed by atoms with Gasteiger partial charge in [-0.2, -0.15) is 9.36 Å². The van der Waals surface area contributed by atoms with Crippen LogP contribution >= 0.6 is 11.6 Å². The third kappa shape index (κ3) is 3.57. The van der Waals surface area contributed by atoms with Crippen LogP contribution in [0, 0.1) is 6.92 Å². The van der Waals surface area contributed by atoms with Crippen molar-refractivity contribution in [3.63, 3.8) is 0 Å². The second kappa shape index (κ2) is 7.61. The normalized spacial score (nSPS) is 10.8. The molecule has 0 unspecified atom stereocenters. The van der Waals surface area contributed by atoms with Crippen molar-refractivity contribution in [2.75, 3.05) is 6.61 Å². The van der Waals surface area contributed by atoms with Gasteiger partial charge in [0.25, 0.3) is 0 Å². The maximum absolute atomic E-state index is 12.3. The SMILES string of the molecule is CCOc1cccc(-n2nnn(C)c2=O)c1COc1ccc(C)cc1Cl. The molecule has 7 nitrogen and oxygen atoms in total. The third-order valence-electron chi connectivity index (χ3n) is 3.82. The summed E-state index contributed by atoms with van der Waals surface area (Å²) < 4.78 is 14.0. The highest BCUT2D eigenvalue weighted by molar-refractivity contribution is 6.32. The summed E-state index contributed by atoms with van der Waals surface area (Å²) in [6.45, 7) is 4.50. The molecule has 0 aliphatic heterocycles. The summed E-state index contributed by atoms with van der Waals surface area (Å²) in [5.74, 6) is 1.17. The Labute approximate surface area is 155 Å². The van der Waals surface area contributed by atoms with Crippen molar-refractivity contribution in [3.8, 4) is 17.2 Å². The molecule has 8 heteroatoms. The third-order valence-corrected chi connectivity index (χ3v) is 4.11. The first-order chi connectivity index (χ1) is 12.5. The number of nitrogens with zero attached hydrogens (tertiary/aromatic N) is 4. The van der Waals surface area contributed by atoms with E-state index in [2.05, 4.69) is 10.4 Å². The Bertz CT molecular complexity index is 981. The van der Waals surface area contributed by atoms with E-state index in [0.29, 0.717) is 34.4 Å². The molecule has 1 heterocycles. The molecule has 0 atom stereocenters. The lowest BCUT2D eigenvalue weighted by atomic mass is 10.1. The predicted molar refractivity (Wildman–Crippen MR) is 98.3 cm³/mol. The largest absolute Gasteiger partial charge is 0.493 e. The van der Waals surface area contributed by atoms with Gasteiger partial charge in [-0.15, -0.1) is 0 Å². The number of aromatic nitrogens is 4. The van der Waals surface area contributed by atoms with Crippen LogP contribution in [-0.4, -0.2) is 26.4 Å². The van der Waals surface area contributed by atoms with Gasteiger partial charge in [0.05, 0.1) is 22.9 Å². The van der Waals surface area contributed by atoms with Crippen LogP contribution in [0.1, 0.15) is 18.1 Å². The van der Waals surface area contributed by atoms with E-state index in [1.54, 1.807) is 19.2 Å². The number of tetrazole rings is 1. The Morgan fingerprint density at radius 2 is 1.92 bits per heavy atom. The van der Waals surface area contributed by atoms with E-state index in [4.69, 9.17) is 21.1 Å². The van der Waals surface area contributed by atoms with Gasteiger partial charge < -0.3 is 9.47 Å². The van der Waals surface area contributed by atoms with Gasteiger partial charge in [0.15, 0.2) is 0 Å². The van der Waals surface area contributed by atoms with Crippen molar-refractivity contribution in [3.05, 3.63) is 63.0 Å². The van der Waals surface area contributed by atoms with Gasteiger partial charge in [0.2, 0.25) is 0 Å². The topological polar surface area (TPSA) is 71.2 Å². The van der Waals surface area contributed by atoms with E-state index in [1.165, 1.54) is 4.68 Å². The Morgan fingerprint density at radius 1 is 1.12 bits per heavy atom. The van der Waals surface area contributed by atoms with Crippen molar-refractivity contribution >= 4 is 11.6 Å². The summed E-state index contributed by atoms with van der Waals surface area (Å²) in [4.78, 5) is 12.3. The fourth-order valence-electron chi connectivity index (χ4n) is 2.53. The Balaban J connectivity index is 2.00. The number of rotatable bonds is 6. The van der Waals surface area contributed by atoms with Crippen molar-refractivity contribution in [1.29, 1.82) is 0 Å². The molecule has 0 amide bonds. The lowest BCUT2D eigenvalue weighted by molar-refractivity contribution is 0.285. The molecule has 2 aromatic carbocycles. The lowest BCUT2D eigenvalue weighted by Crippen LogP contribution is -2.23. The molecule has 0 bridgehead atoms. The van der Waals surface area contributed by atoms with E-state index >= 15 is 0 Å². The summed E-state index contributed by atoms with van der Waals surface area (Å²) in [6, 6.07) is 11.0. The molecule has 0 aliphatic carbocycles. The molecular weight excluding hydrogens is 356 g/mol. The van der Waals surface area contributed by atoms with E-state index in [9.17, 15) is 4.79 Å². The lowest BCUT2D eigenvalue weighted by Gasteiger charge is -2.15. The van der Waals surface area contributed by atoms with Gasteiger partial charge in [-0.3, -0.25) is 0 Å². The molecule has 1 aromatic heterocycles. The van der Waals surface area contributed by atoms with E-state index < -0.39 is 0 Å². The summed E-state index contributed by atoms with van der Waals surface area (Å²) in [5, 5.41) is 8.20. The molecule has 0 saturated heterocycles. The van der Waals surface area contributed by atoms with Crippen molar-refractivity contribution in [2.45, 2.75) is 20.5 Å². The van der Waals surface area contributed by atoms with Crippen LogP contribution in [0.4, 0.5) is 0 Å². The molecule has 0 saturated carbocycles. The minimum absolute atomic E-state index is 0.164. The zero-order chi connectivity index (χ0) is 18.7. The van der Waals surface area contributed by atoms with Crippen molar-refractivity contribution in [1.82, 2.24) is 19.8 Å². The summed E-state index contributed by atoms with van der Waals surface area (Å²) in [7, 11) is 1.54. The van der Waals surface area contributed by atoms with Crippen LogP contribution in [0.5, 0.6) is 11.5 Å². The average Bonchev–Trinajstić information content (AvgIpc) is 2.94. The highest BCUT2D eigenvalue weighted by Crippen LogP contribution is 2.30. The van der Waals surface area contributed by atoms with Crippen LogP contribution in [0.25, 0.3) is 5.69 Å². The summed E-state index contributed by atoms with van der Waals surface area (Å²) >= 11 is 6.24. The second-order valence-electron chi connectivity index (χ2n) is 5.71. The summed E-state index contributed by atoms with van der Waals surface area (Å²) in [6.07, 6.45) is 0. The molecular formula is C18H19ClN4O3. The van der Waals surface area contributed by atoms with Crippen LogP contribution in [-0.2, 0) is 13.7 Å².